The Morgan fingerprint density at radius 2 is 2.24 bits per heavy atom. The maximum absolute atomic E-state index is 4.54. The van der Waals surface area contributed by atoms with Crippen LogP contribution < -0.4 is 10.6 Å². The van der Waals surface area contributed by atoms with E-state index < -0.39 is 0 Å². The number of nitrogens with one attached hydrogen (secondary N) is 2. The van der Waals surface area contributed by atoms with E-state index in [-0.39, 0.29) is 0 Å². The Hall–Kier alpha value is -1.03. The van der Waals surface area contributed by atoms with E-state index in [4.69, 9.17) is 0 Å². The van der Waals surface area contributed by atoms with Gasteiger partial charge in [-0.05, 0) is 38.3 Å². The van der Waals surface area contributed by atoms with Crippen LogP contribution >= 0.6 is 0 Å². The van der Waals surface area contributed by atoms with Gasteiger partial charge in [0, 0.05) is 19.3 Å². The second-order valence-corrected chi connectivity index (χ2v) is 5.28. The van der Waals surface area contributed by atoms with Crippen LogP contribution in [0.1, 0.15) is 44.7 Å². The van der Waals surface area contributed by atoms with Crippen LogP contribution in [-0.4, -0.2) is 28.9 Å². The molecule has 2 heterocycles. The molecule has 1 aromatic rings. The Labute approximate surface area is 104 Å². The molecule has 1 aliphatic rings. The largest absolute Gasteiger partial charge is 0.379 e. The van der Waals surface area contributed by atoms with Crippen molar-refractivity contribution in [1.82, 2.24) is 15.1 Å². The maximum atomic E-state index is 4.54. The summed E-state index contributed by atoms with van der Waals surface area (Å²) in [5, 5.41) is 11.7. The van der Waals surface area contributed by atoms with E-state index in [1.54, 1.807) is 0 Å². The van der Waals surface area contributed by atoms with Gasteiger partial charge in [0.25, 0.3) is 0 Å². The van der Waals surface area contributed by atoms with Crippen molar-refractivity contribution in [2.75, 3.05) is 18.4 Å². The van der Waals surface area contributed by atoms with Gasteiger partial charge in [0.1, 0.15) is 0 Å². The van der Waals surface area contributed by atoms with Crippen LogP contribution in [0.15, 0.2) is 6.20 Å². The molecule has 4 heteroatoms. The zero-order valence-electron chi connectivity index (χ0n) is 11.2. The van der Waals surface area contributed by atoms with Crippen molar-refractivity contribution >= 4 is 5.69 Å². The molecule has 96 valence electrons. The van der Waals surface area contributed by atoms with E-state index in [1.165, 1.54) is 30.6 Å². The molecule has 1 aromatic heterocycles. The predicted molar refractivity (Wildman–Crippen MR) is 71.4 cm³/mol. The van der Waals surface area contributed by atoms with Gasteiger partial charge < -0.3 is 10.6 Å². The van der Waals surface area contributed by atoms with Gasteiger partial charge in [-0.15, -0.1) is 0 Å². The van der Waals surface area contributed by atoms with Crippen molar-refractivity contribution in [3.63, 3.8) is 0 Å². The van der Waals surface area contributed by atoms with E-state index >= 15 is 0 Å². The summed E-state index contributed by atoms with van der Waals surface area (Å²) in [6, 6.07) is 0.590. The number of hydrogen-bond donors (Lipinski definition) is 2. The molecule has 1 atom stereocenters. The lowest BCUT2D eigenvalue weighted by Gasteiger charge is -2.17. The van der Waals surface area contributed by atoms with Crippen LogP contribution in [0.2, 0.25) is 0 Å². The van der Waals surface area contributed by atoms with Crippen molar-refractivity contribution in [2.24, 2.45) is 7.05 Å². The third-order valence-corrected chi connectivity index (χ3v) is 3.34. The van der Waals surface area contributed by atoms with Gasteiger partial charge in [-0.1, -0.05) is 13.8 Å². The van der Waals surface area contributed by atoms with Gasteiger partial charge in [-0.3, -0.25) is 4.68 Å². The molecule has 1 aliphatic heterocycles. The minimum atomic E-state index is 0.475. The SMILES string of the molecule is CC(C)c1nn(C)cc1NC1CCCNCC1. The Balaban J connectivity index is 2.06. The lowest BCUT2D eigenvalue weighted by Crippen LogP contribution is -2.21. The molecule has 0 saturated carbocycles. The van der Waals surface area contributed by atoms with Gasteiger partial charge in [-0.25, -0.2) is 0 Å². The summed E-state index contributed by atoms with van der Waals surface area (Å²) in [4.78, 5) is 0. The highest BCUT2D eigenvalue weighted by Crippen LogP contribution is 2.24. The summed E-state index contributed by atoms with van der Waals surface area (Å²) in [6.45, 7) is 6.67. The second kappa shape index (κ2) is 5.54. The molecule has 2 N–H and O–H groups in total. The van der Waals surface area contributed by atoms with Crippen LogP contribution in [0, 0.1) is 0 Å². The molecule has 0 aromatic carbocycles. The molecular weight excluding hydrogens is 212 g/mol. The molecule has 0 aliphatic carbocycles. The molecular formula is C13H24N4. The molecule has 0 bridgehead atoms. The zero-order valence-corrected chi connectivity index (χ0v) is 11.2. The van der Waals surface area contributed by atoms with E-state index in [1.807, 2.05) is 11.7 Å². The quantitative estimate of drug-likeness (QED) is 0.844. The fourth-order valence-corrected chi connectivity index (χ4v) is 2.43. The third kappa shape index (κ3) is 3.22. The number of aromatic nitrogens is 2. The fourth-order valence-electron chi connectivity index (χ4n) is 2.43. The van der Waals surface area contributed by atoms with Crippen molar-refractivity contribution in [3.8, 4) is 0 Å². The lowest BCUT2D eigenvalue weighted by molar-refractivity contribution is 0.635. The highest BCUT2D eigenvalue weighted by Gasteiger charge is 2.16. The van der Waals surface area contributed by atoms with Crippen molar-refractivity contribution in [3.05, 3.63) is 11.9 Å². The van der Waals surface area contributed by atoms with E-state index in [2.05, 4.69) is 35.8 Å². The highest BCUT2D eigenvalue weighted by molar-refractivity contribution is 5.48. The molecule has 1 unspecified atom stereocenters. The van der Waals surface area contributed by atoms with Crippen molar-refractivity contribution < 1.29 is 0 Å². The average Bonchev–Trinajstić information content (AvgIpc) is 2.50. The summed E-state index contributed by atoms with van der Waals surface area (Å²) in [5.74, 6) is 0.475. The van der Waals surface area contributed by atoms with Crippen LogP contribution in [0.25, 0.3) is 0 Å². The molecule has 17 heavy (non-hydrogen) atoms. The third-order valence-electron chi connectivity index (χ3n) is 3.34. The predicted octanol–water partition coefficient (Wildman–Crippen LogP) is 2.10. The van der Waals surface area contributed by atoms with E-state index in [0.29, 0.717) is 12.0 Å². The van der Waals surface area contributed by atoms with Gasteiger partial charge in [-0.2, -0.15) is 5.10 Å². The summed E-state index contributed by atoms with van der Waals surface area (Å²) in [6.07, 6.45) is 5.81. The Morgan fingerprint density at radius 3 is 3.00 bits per heavy atom. The van der Waals surface area contributed by atoms with Gasteiger partial charge in [0.2, 0.25) is 0 Å². The minimum absolute atomic E-state index is 0.475. The average molecular weight is 236 g/mol. The fraction of sp³-hybridized carbons (Fsp3) is 0.769. The number of aryl methyl sites for hydroxylation is 1. The van der Waals surface area contributed by atoms with Gasteiger partial charge in [0.05, 0.1) is 11.4 Å². The summed E-state index contributed by atoms with van der Waals surface area (Å²) in [5.41, 5.74) is 2.40. The second-order valence-electron chi connectivity index (χ2n) is 5.28. The van der Waals surface area contributed by atoms with Crippen LogP contribution in [0.3, 0.4) is 0 Å². The number of rotatable bonds is 3. The van der Waals surface area contributed by atoms with Gasteiger partial charge in [0.15, 0.2) is 0 Å². The first-order chi connectivity index (χ1) is 8.16. The molecule has 1 saturated heterocycles. The summed E-state index contributed by atoms with van der Waals surface area (Å²) < 4.78 is 1.91. The molecule has 1 fully saturated rings. The topological polar surface area (TPSA) is 41.9 Å². The minimum Gasteiger partial charge on any atom is -0.379 e. The number of nitrogens with zero attached hydrogens (tertiary/aromatic N) is 2. The van der Waals surface area contributed by atoms with E-state index in [0.717, 1.165) is 13.1 Å². The molecule has 0 amide bonds. The first-order valence-corrected chi connectivity index (χ1v) is 6.67. The normalized spacial score (nSPS) is 21.5. The Kier molecular flexibility index (Phi) is 4.05. The standard InChI is InChI=1S/C13H24N4/c1-10(2)13-12(9-17(3)16-13)15-11-5-4-7-14-8-6-11/h9-11,14-15H,4-8H2,1-3H3. The summed E-state index contributed by atoms with van der Waals surface area (Å²) in [7, 11) is 1.99. The maximum Gasteiger partial charge on any atom is 0.0881 e. The summed E-state index contributed by atoms with van der Waals surface area (Å²) >= 11 is 0. The molecule has 0 radical (unpaired) electrons. The molecule has 2 rings (SSSR count). The molecule has 4 nitrogen and oxygen atoms in total. The smallest absolute Gasteiger partial charge is 0.0881 e. The van der Waals surface area contributed by atoms with Gasteiger partial charge >= 0.3 is 0 Å². The highest BCUT2D eigenvalue weighted by atomic mass is 15.3. The van der Waals surface area contributed by atoms with Crippen LogP contribution in [0.4, 0.5) is 5.69 Å². The van der Waals surface area contributed by atoms with Crippen LogP contribution in [0.5, 0.6) is 0 Å². The van der Waals surface area contributed by atoms with Crippen LogP contribution in [-0.2, 0) is 7.05 Å². The van der Waals surface area contributed by atoms with Crippen molar-refractivity contribution in [2.45, 2.75) is 45.1 Å². The Bertz CT molecular complexity index is 348. The lowest BCUT2D eigenvalue weighted by atomic mass is 10.1. The zero-order chi connectivity index (χ0) is 12.3. The monoisotopic (exact) mass is 236 g/mol. The Morgan fingerprint density at radius 1 is 1.41 bits per heavy atom. The first kappa shape index (κ1) is 12.4. The number of anilines is 1. The van der Waals surface area contributed by atoms with E-state index in [9.17, 15) is 0 Å². The molecule has 0 spiro atoms. The first-order valence-electron chi connectivity index (χ1n) is 6.67. The van der Waals surface area contributed by atoms with Crippen molar-refractivity contribution in [1.29, 1.82) is 0 Å². The number of hydrogen-bond acceptors (Lipinski definition) is 3.